The topological polar surface area (TPSA) is 32.3 Å². The molecule has 1 N–H and O–H groups in total. The maximum Gasteiger partial charge on any atom is 0.282 e. The number of nitrogens with one attached hydrogen (secondary N) is 1. The molecule has 0 aromatic rings. The van der Waals surface area contributed by atoms with Crippen LogP contribution in [-0.4, -0.2) is 41.4 Å². The molecular weight excluding hydrogens is 262 g/mol. The number of unbranched alkanes of at least 4 members (excludes halogenated alkanes) is 3. The lowest BCUT2D eigenvalue weighted by Gasteiger charge is -2.41. The third-order valence-corrected chi connectivity index (χ3v) is 3.41. The van der Waals surface area contributed by atoms with Gasteiger partial charge in [-0.05, 0) is 27.2 Å². The molecule has 0 radical (unpaired) electrons. The van der Waals surface area contributed by atoms with E-state index >= 15 is 0 Å². The van der Waals surface area contributed by atoms with E-state index in [4.69, 9.17) is 0 Å². The fourth-order valence-electron chi connectivity index (χ4n) is 2.44. The summed E-state index contributed by atoms with van der Waals surface area (Å²) in [7, 11) is 0. The lowest BCUT2D eigenvalue weighted by Crippen LogP contribution is -2.63. The predicted octanol–water partition coefficient (Wildman–Crippen LogP) is 3.19. The van der Waals surface area contributed by atoms with Crippen LogP contribution in [0.5, 0.6) is 0 Å². The Morgan fingerprint density at radius 3 is 2.30 bits per heavy atom. The van der Waals surface area contributed by atoms with Gasteiger partial charge in [-0.25, -0.2) is 8.78 Å². The van der Waals surface area contributed by atoms with E-state index < -0.39 is 19.0 Å². The summed E-state index contributed by atoms with van der Waals surface area (Å²) in [5.74, 6) is -2.87. The number of alkyl halides is 2. The van der Waals surface area contributed by atoms with Crippen LogP contribution >= 0.6 is 0 Å². The Balaban J connectivity index is 2.51. The highest BCUT2D eigenvalue weighted by Gasteiger charge is 2.47. The van der Waals surface area contributed by atoms with E-state index in [1.807, 2.05) is 20.8 Å². The maximum absolute atomic E-state index is 12.9. The normalized spacial score (nSPS) is 19.6. The number of rotatable bonds is 7. The van der Waals surface area contributed by atoms with Gasteiger partial charge < -0.3 is 10.2 Å². The van der Waals surface area contributed by atoms with Gasteiger partial charge in [0.15, 0.2) is 0 Å². The van der Waals surface area contributed by atoms with Crippen molar-refractivity contribution in [1.29, 1.82) is 0 Å². The van der Waals surface area contributed by atoms with E-state index in [0.717, 1.165) is 32.1 Å². The second-order valence-corrected chi connectivity index (χ2v) is 6.85. The van der Waals surface area contributed by atoms with Gasteiger partial charge in [0.25, 0.3) is 5.92 Å². The first-order valence-corrected chi connectivity index (χ1v) is 7.59. The minimum atomic E-state index is -2.69. The second kappa shape index (κ2) is 6.83. The fraction of sp³-hybridized carbons (Fsp3) is 0.933. The van der Waals surface area contributed by atoms with E-state index in [1.165, 1.54) is 4.90 Å². The van der Waals surface area contributed by atoms with Gasteiger partial charge in [-0.15, -0.1) is 0 Å². The average molecular weight is 290 g/mol. The van der Waals surface area contributed by atoms with E-state index in [-0.39, 0.29) is 17.5 Å². The van der Waals surface area contributed by atoms with E-state index in [2.05, 4.69) is 12.2 Å². The van der Waals surface area contributed by atoms with Crippen LogP contribution in [0.1, 0.15) is 59.8 Å². The number of carbonyl (C=O) groups excluding carboxylic acids is 1. The molecule has 0 spiro atoms. The number of hydrogen-bond acceptors (Lipinski definition) is 2. The molecule has 1 aliphatic rings. The van der Waals surface area contributed by atoms with Crippen LogP contribution in [0.2, 0.25) is 0 Å². The van der Waals surface area contributed by atoms with Gasteiger partial charge in [-0.2, -0.15) is 0 Å². The van der Waals surface area contributed by atoms with Crippen molar-refractivity contribution in [2.75, 3.05) is 13.1 Å². The zero-order valence-corrected chi connectivity index (χ0v) is 13.1. The van der Waals surface area contributed by atoms with Gasteiger partial charge in [-0.3, -0.25) is 4.79 Å². The molecule has 1 aliphatic heterocycles. The summed E-state index contributed by atoms with van der Waals surface area (Å²) in [4.78, 5) is 13.6. The zero-order chi connectivity index (χ0) is 15.4. The number of carbonyl (C=O) groups is 1. The van der Waals surface area contributed by atoms with Crippen molar-refractivity contribution in [2.45, 2.75) is 77.3 Å². The molecule has 0 aromatic heterocycles. The summed E-state index contributed by atoms with van der Waals surface area (Å²) in [6.07, 6.45) is 5.06. The molecule has 1 unspecified atom stereocenters. The smallest absolute Gasteiger partial charge is 0.282 e. The lowest BCUT2D eigenvalue weighted by molar-refractivity contribution is -0.168. The van der Waals surface area contributed by atoms with Crippen LogP contribution in [0, 0.1) is 0 Å². The van der Waals surface area contributed by atoms with Crippen molar-refractivity contribution in [3.8, 4) is 0 Å². The van der Waals surface area contributed by atoms with E-state index in [9.17, 15) is 13.6 Å². The van der Waals surface area contributed by atoms with Gasteiger partial charge in [0.05, 0.1) is 19.1 Å². The molecule has 0 bridgehead atoms. The van der Waals surface area contributed by atoms with Gasteiger partial charge in [0, 0.05) is 5.54 Å². The van der Waals surface area contributed by atoms with Gasteiger partial charge in [0.2, 0.25) is 5.91 Å². The van der Waals surface area contributed by atoms with E-state index in [0.29, 0.717) is 0 Å². The first-order valence-electron chi connectivity index (χ1n) is 7.59. The number of hydrogen-bond donors (Lipinski definition) is 1. The third kappa shape index (κ3) is 5.73. The summed E-state index contributed by atoms with van der Waals surface area (Å²) in [5, 5.41) is 3.27. The maximum atomic E-state index is 12.9. The SMILES string of the molecule is CCCCCCC(NC(C)(C)C)C(=O)N1CC(F)(F)C1. The molecule has 1 atom stereocenters. The Labute approximate surface area is 121 Å². The molecule has 20 heavy (non-hydrogen) atoms. The van der Waals surface area contributed by atoms with Crippen molar-refractivity contribution >= 4 is 5.91 Å². The number of amides is 1. The van der Waals surface area contributed by atoms with Crippen molar-refractivity contribution in [2.24, 2.45) is 0 Å². The molecule has 1 amide bonds. The van der Waals surface area contributed by atoms with E-state index in [1.54, 1.807) is 0 Å². The standard InChI is InChI=1S/C15H28F2N2O/c1-5-6-7-8-9-12(18-14(2,3)4)13(20)19-10-15(16,17)11-19/h12,18H,5-11H2,1-4H3. The predicted molar refractivity (Wildman–Crippen MR) is 77.0 cm³/mol. The van der Waals surface area contributed by atoms with Crippen LogP contribution in [0.4, 0.5) is 8.78 Å². The summed E-state index contributed by atoms with van der Waals surface area (Å²) in [6, 6.07) is -0.344. The molecule has 1 rings (SSSR count). The van der Waals surface area contributed by atoms with Gasteiger partial charge >= 0.3 is 0 Å². The molecule has 1 saturated heterocycles. The summed E-state index contributed by atoms with van der Waals surface area (Å²) < 4.78 is 25.8. The van der Waals surface area contributed by atoms with Crippen molar-refractivity contribution in [1.82, 2.24) is 10.2 Å². The highest BCUT2D eigenvalue weighted by atomic mass is 19.3. The van der Waals surface area contributed by atoms with Crippen LogP contribution in [-0.2, 0) is 4.79 Å². The monoisotopic (exact) mass is 290 g/mol. The quantitative estimate of drug-likeness (QED) is 0.730. The Kier molecular flexibility index (Phi) is 5.92. The third-order valence-electron chi connectivity index (χ3n) is 3.41. The molecule has 0 saturated carbocycles. The summed E-state index contributed by atoms with van der Waals surface area (Å²) in [6.45, 7) is 7.25. The Morgan fingerprint density at radius 1 is 1.25 bits per heavy atom. The number of halogens is 2. The molecule has 1 heterocycles. The number of likely N-dealkylation sites (tertiary alicyclic amines) is 1. The molecule has 3 nitrogen and oxygen atoms in total. The van der Waals surface area contributed by atoms with Gasteiger partial charge in [-0.1, -0.05) is 32.6 Å². The lowest BCUT2D eigenvalue weighted by atomic mass is 9.99. The van der Waals surface area contributed by atoms with Crippen LogP contribution in [0.25, 0.3) is 0 Å². The average Bonchev–Trinajstić information content (AvgIpc) is 2.27. The Bertz CT molecular complexity index is 318. The van der Waals surface area contributed by atoms with Crippen molar-refractivity contribution in [3.63, 3.8) is 0 Å². The molecule has 1 fully saturated rings. The Morgan fingerprint density at radius 2 is 1.85 bits per heavy atom. The van der Waals surface area contributed by atoms with Crippen LogP contribution < -0.4 is 5.32 Å². The molecular formula is C15H28F2N2O. The zero-order valence-electron chi connectivity index (χ0n) is 13.1. The van der Waals surface area contributed by atoms with Crippen LogP contribution in [0.3, 0.4) is 0 Å². The first-order chi connectivity index (χ1) is 9.14. The van der Waals surface area contributed by atoms with Crippen molar-refractivity contribution < 1.29 is 13.6 Å². The molecule has 0 aliphatic carbocycles. The molecule has 118 valence electrons. The highest BCUT2D eigenvalue weighted by molar-refractivity contribution is 5.83. The molecule has 5 heteroatoms. The fourth-order valence-corrected chi connectivity index (χ4v) is 2.44. The molecule has 0 aromatic carbocycles. The van der Waals surface area contributed by atoms with Crippen molar-refractivity contribution in [3.05, 3.63) is 0 Å². The minimum absolute atomic E-state index is 0.178. The van der Waals surface area contributed by atoms with Gasteiger partial charge in [0.1, 0.15) is 0 Å². The minimum Gasteiger partial charge on any atom is -0.329 e. The second-order valence-electron chi connectivity index (χ2n) is 6.85. The highest BCUT2D eigenvalue weighted by Crippen LogP contribution is 2.27. The Hall–Kier alpha value is -0.710. The summed E-state index contributed by atoms with van der Waals surface area (Å²) >= 11 is 0. The summed E-state index contributed by atoms with van der Waals surface area (Å²) in [5.41, 5.74) is -0.196. The largest absolute Gasteiger partial charge is 0.329 e. The number of nitrogens with zero attached hydrogens (tertiary/aromatic N) is 1. The first kappa shape index (κ1) is 17.3. The van der Waals surface area contributed by atoms with Crippen LogP contribution in [0.15, 0.2) is 0 Å².